The highest BCUT2D eigenvalue weighted by atomic mass is 32.2. The second kappa shape index (κ2) is 18.1. The first-order valence-electron chi connectivity index (χ1n) is 21.1. The number of aliphatic hydroxyl groups excluding tert-OH is 1. The summed E-state index contributed by atoms with van der Waals surface area (Å²) in [6.45, 7) is 8.13. The van der Waals surface area contributed by atoms with E-state index in [1.807, 2.05) is 31.2 Å². The van der Waals surface area contributed by atoms with Crippen LogP contribution in [0.25, 0.3) is 22.3 Å². The van der Waals surface area contributed by atoms with Crippen LogP contribution in [0.4, 0.5) is 8.78 Å². The zero-order chi connectivity index (χ0) is 47.0. The Hall–Kier alpha value is -5.98. The van der Waals surface area contributed by atoms with Crippen LogP contribution in [0, 0.1) is 5.82 Å². The van der Waals surface area contributed by atoms with E-state index < -0.39 is 53.0 Å². The molecule has 2 unspecified atom stereocenters. The van der Waals surface area contributed by atoms with Crippen molar-refractivity contribution in [1.82, 2.24) is 28.9 Å². The molecule has 0 aliphatic heterocycles. The maximum atomic E-state index is 15.8. The number of ether oxygens (including phenoxy) is 2. The van der Waals surface area contributed by atoms with E-state index in [-0.39, 0.29) is 54.7 Å². The molecule has 1 aliphatic carbocycles. The first kappa shape index (κ1) is 47.0. The number of aromatic amines is 1. The number of carbonyl (C=O) groups excluding carboxylic acids is 1. The van der Waals surface area contributed by atoms with Crippen molar-refractivity contribution in [2.24, 2.45) is 7.05 Å². The molecule has 65 heavy (non-hydrogen) atoms. The molecule has 2 atom stereocenters. The molecule has 18 heteroatoms. The van der Waals surface area contributed by atoms with E-state index in [4.69, 9.17) is 19.6 Å². The number of esters is 1. The minimum atomic E-state index is -4.30. The maximum absolute atomic E-state index is 15.8. The maximum Gasteiger partial charge on any atom is 0.306 e. The number of allylic oxidation sites excluding steroid dienone is 1. The summed E-state index contributed by atoms with van der Waals surface area (Å²) in [5.41, 5.74) is 1.87. The third-order valence-electron chi connectivity index (χ3n) is 12.4. The second-order valence-electron chi connectivity index (χ2n) is 17.1. The zero-order valence-corrected chi connectivity index (χ0v) is 38.6. The fraction of sp³-hybridized carbons (Fsp3) is 0.362. The number of hydrogen-bond acceptors (Lipinski definition) is 11. The molecule has 3 aromatic carbocycles. The highest BCUT2D eigenvalue weighted by Crippen LogP contribution is 2.41. The molecule has 344 valence electrons. The van der Waals surface area contributed by atoms with Crippen molar-refractivity contribution in [3.05, 3.63) is 137 Å². The fourth-order valence-corrected chi connectivity index (χ4v) is 11.2. The standard InChI is InChI=1S/C47H52F2N6O8S2/c1-7-62-42(57)17-12-31-10-8-11-34(24-31)46(4,20-9-23-64(58,59)45(2,3)35-28-50-51-29-35)44-52-43(54(6)53-44)38-27-37(13-15-39(38)48)63-36-14-16-40-33(26-36)19-22-55(40)65(60,61)47(5)21-18-32(30-56)25-41(47)49/h8,10-11,13-16,18-19,22,24-29,56H,7,9,12,17,20-21,23,30H2,1-6H3,(H,50,51). The minimum Gasteiger partial charge on any atom is -0.466 e. The Labute approximate surface area is 377 Å². The summed E-state index contributed by atoms with van der Waals surface area (Å²) in [6, 6.07) is 18.1. The van der Waals surface area contributed by atoms with Crippen LogP contribution in [0.5, 0.6) is 11.5 Å². The van der Waals surface area contributed by atoms with Crippen molar-refractivity contribution in [2.45, 2.75) is 81.6 Å². The fourth-order valence-electron chi connectivity index (χ4n) is 8.02. The van der Waals surface area contributed by atoms with Gasteiger partial charge in [0.2, 0.25) is 0 Å². The predicted octanol–water partition coefficient (Wildman–Crippen LogP) is 8.14. The third-order valence-corrected chi connectivity index (χ3v) is 17.4. The van der Waals surface area contributed by atoms with Crippen LogP contribution in [0.2, 0.25) is 0 Å². The lowest BCUT2D eigenvalue weighted by atomic mass is 9.77. The molecule has 2 N–H and O–H groups in total. The molecule has 0 spiro atoms. The summed E-state index contributed by atoms with van der Waals surface area (Å²) < 4.78 is 97.2. The van der Waals surface area contributed by atoms with E-state index in [1.54, 1.807) is 58.3 Å². The summed E-state index contributed by atoms with van der Waals surface area (Å²) in [6.07, 6.45) is 7.93. The number of carbonyl (C=O) groups is 1. The molecule has 3 aromatic heterocycles. The molecule has 14 nitrogen and oxygen atoms in total. The highest BCUT2D eigenvalue weighted by Gasteiger charge is 2.46. The normalized spacial score (nSPS) is 16.8. The van der Waals surface area contributed by atoms with Crippen molar-refractivity contribution in [1.29, 1.82) is 0 Å². The number of fused-ring (bicyclic) bond motifs is 1. The van der Waals surface area contributed by atoms with E-state index in [2.05, 4.69) is 10.2 Å². The second-order valence-corrected chi connectivity index (χ2v) is 22.0. The summed E-state index contributed by atoms with van der Waals surface area (Å²) in [5, 5.41) is 21.4. The van der Waals surface area contributed by atoms with Gasteiger partial charge in [-0.05, 0) is 126 Å². The van der Waals surface area contributed by atoms with Gasteiger partial charge in [0.25, 0.3) is 10.0 Å². The van der Waals surface area contributed by atoms with Gasteiger partial charge in [0.05, 0.1) is 46.4 Å². The monoisotopic (exact) mass is 930 g/mol. The van der Waals surface area contributed by atoms with Crippen molar-refractivity contribution in [2.75, 3.05) is 19.0 Å². The molecule has 0 radical (unpaired) electrons. The van der Waals surface area contributed by atoms with E-state index in [0.29, 0.717) is 46.5 Å². The molecular formula is C47H52F2N6O8S2. The number of aromatic nitrogens is 6. The lowest BCUT2D eigenvalue weighted by Crippen LogP contribution is -2.41. The van der Waals surface area contributed by atoms with Gasteiger partial charge in [-0.25, -0.2) is 39.3 Å². The van der Waals surface area contributed by atoms with Crippen molar-refractivity contribution in [3.63, 3.8) is 0 Å². The number of aryl methyl sites for hydroxylation is 2. The molecule has 0 amide bonds. The average Bonchev–Trinajstić information content (AvgIpc) is 4.06. The Bertz CT molecular complexity index is 3030. The number of hydrogen-bond donors (Lipinski definition) is 2. The lowest BCUT2D eigenvalue weighted by Gasteiger charge is -2.30. The largest absolute Gasteiger partial charge is 0.466 e. The van der Waals surface area contributed by atoms with Crippen molar-refractivity contribution >= 4 is 36.7 Å². The molecule has 0 saturated carbocycles. The zero-order valence-electron chi connectivity index (χ0n) is 37.0. The van der Waals surface area contributed by atoms with Gasteiger partial charge in [-0.1, -0.05) is 30.3 Å². The first-order chi connectivity index (χ1) is 30.7. The molecule has 6 aromatic rings. The first-order valence-corrected chi connectivity index (χ1v) is 24.2. The summed E-state index contributed by atoms with van der Waals surface area (Å²) in [4.78, 5) is 17.1. The van der Waals surface area contributed by atoms with Crippen LogP contribution < -0.4 is 4.74 Å². The molecule has 3 heterocycles. The number of aliphatic hydroxyl groups is 1. The van der Waals surface area contributed by atoms with Crippen LogP contribution in [0.1, 0.15) is 82.8 Å². The van der Waals surface area contributed by atoms with Crippen molar-refractivity contribution < 1.29 is 45.0 Å². The van der Waals surface area contributed by atoms with Crippen LogP contribution in [-0.4, -0.2) is 80.6 Å². The number of halogens is 2. The van der Waals surface area contributed by atoms with E-state index in [1.165, 1.54) is 48.3 Å². The van der Waals surface area contributed by atoms with Gasteiger partial charge >= 0.3 is 5.97 Å². The Morgan fingerprint density at radius 1 is 1.00 bits per heavy atom. The Morgan fingerprint density at radius 2 is 1.75 bits per heavy atom. The average molecular weight is 931 g/mol. The summed E-state index contributed by atoms with van der Waals surface area (Å²) in [7, 11) is -6.35. The molecular weight excluding hydrogens is 879 g/mol. The molecule has 0 fully saturated rings. The Balaban J connectivity index is 1.18. The smallest absolute Gasteiger partial charge is 0.306 e. The Kier molecular flexibility index (Phi) is 13.1. The quantitative estimate of drug-likeness (QED) is 0.0792. The van der Waals surface area contributed by atoms with Crippen LogP contribution in [0.3, 0.4) is 0 Å². The van der Waals surface area contributed by atoms with Gasteiger partial charge < -0.3 is 14.6 Å². The van der Waals surface area contributed by atoms with E-state index >= 15 is 8.78 Å². The summed E-state index contributed by atoms with van der Waals surface area (Å²) >= 11 is 0. The SMILES string of the molecule is CCOC(=O)CCc1cccc(C(C)(CCCS(=O)(=O)C(C)(C)c2cn[nH]c2)c2nc(-c3cc(Oc4ccc5c(ccn5S(=O)(=O)C5(C)CC=C(CO)C=C5F)c4)ccc3F)n(C)n2)c1. The number of nitrogens with zero attached hydrogens (tertiary/aromatic N) is 5. The van der Waals surface area contributed by atoms with Gasteiger partial charge in [0.1, 0.15) is 27.9 Å². The Morgan fingerprint density at radius 3 is 2.46 bits per heavy atom. The van der Waals surface area contributed by atoms with Gasteiger partial charge in [-0.15, -0.1) is 0 Å². The van der Waals surface area contributed by atoms with Gasteiger partial charge in [-0.3, -0.25) is 9.89 Å². The molecule has 0 saturated heterocycles. The van der Waals surface area contributed by atoms with E-state index in [0.717, 1.165) is 21.2 Å². The topological polar surface area (TPSA) is 188 Å². The summed E-state index contributed by atoms with van der Waals surface area (Å²) in [5.74, 6) is -0.888. The minimum absolute atomic E-state index is 0.0752. The van der Waals surface area contributed by atoms with Crippen molar-refractivity contribution in [3.8, 4) is 22.9 Å². The van der Waals surface area contributed by atoms with Crippen LogP contribution >= 0.6 is 0 Å². The van der Waals surface area contributed by atoms with Crippen LogP contribution in [0.15, 0.2) is 109 Å². The highest BCUT2D eigenvalue weighted by molar-refractivity contribution is 7.92. The van der Waals surface area contributed by atoms with Gasteiger partial charge in [0, 0.05) is 36.8 Å². The van der Waals surface area contributed by atoms with Crippen LogP contribution in [-0.2, 0) is 53.0 Å². The molecule has 0 bridgehead atoms. The van der Waals surface area contributed by atoms with Gasteiger partial charge in [-0.2, -0.15) is 10.2 Å². The number of benzene rings is 3. The predicted molar refractivity (Wildman–Crippen MR) is 243 cm³/mol. The number of H-pyrrole nitrogens is 1. The number of rotatable bonds is 18. The lowest BCUT2D eigenvalue weighted by molar-refractivity contribution is -0.143. The molecule has 7 rings (SSSR count). The van der Waals surface area contributed by atoms with E-state index in [9.17, 15) is 26.7 Å². The number of sulfone groups is 1. The molecule has 1 aliphatic rings. The van der Waals surface area contributed by atoms with Gasteiger partial charge in [0.15, 0.2) is 21.5 Å². The third kappa shape index (κ3) is 9.03. The number of nitrogens with one attached hydrogen (secondary N) is 1.